The highest BCUT2D eigenvalue weighted by Gasteiger charge is 2.23. The van der Waals surface area contributed by atoms with Gasteiger partial charge >= 0.3 is 0 Å². The summed E-state index contributed by atoms with van der Waals surface area (Å²) in [4.78, 5) is 28.5. The van der Waals surface area contributed by atoms with Crippen molar-refractivity contribution in [2.45, 2.75) is 47.0 Å². The minimum Gasteiger partial charge on any atom is -0.356 e. The highest BCUT2D eigenvalue weighted by Crippen LogP contribution is 2.36. The monoisotopic (exact) mass is 389 g/mol. The normalized spacial score (nSPS) is 14.9. The Kier molecular flexibility index (Phi) is 6.65. The fourth-order valence-electron chi connectivity index (χ4n) is 3.72. The molecule has 0 atom stereocenters. The van der Waals surface area contributed by atoms with Gasteiger partial charge in [-0.3, -0.25) is 4.79 Å². The molecule has 3 heterocycles. The average Bonchev–Trinajstić information content (AvgIpc) is 3.01. The molecule has 0 unspecified atom stereocenters. The number of likely N-dealkylation sites (N-methyl/N-ethyl adjacent to an activating group) is 1. The first-order valence-electron chi connectivity index (χ1n) is 10.1. The molecule has 1 saturated heterocycles. The molecule has 0 bridgehead atoms. The Morgan fingerprint density at radius 3 is 2.52 bits per heavy atom. The van der Waals surface area contributed by atoms with Gasteiger partial charge < -0.3 is 15.1 Å². The van der Waals surface area contributed by atoms with Crippen LogP contribution in [-0.2, 0) is 0 Å². The number of amides is 1. The minimum absolute atomic E-state index is 0.00454. The van der Waals surface area contributed by atoms with E-state index in [2.05, 4.69) is 33.9 Å². The molecule has 2 aromatic heterocycles. The number of hydrogen-bond donors (Lipinski definition) is 1. The Hall–Kier alpha value is -1.73. The van der Waals surface area contributed by atoms with Gasteiger partial charge in [0.1, 0.15) is 16.5 Å². The van der Waals surface area contributed by atoms with Crippen molar-refractivity contribution in [3.8, 4) is 0 Å². The molecule has 1 fully saturated rings. The number of nitrogens with one attached hydrogen (secondary N) is 1. The molecule has 148 valence electrons. The number of anilines is 1. The maximum atomic E-state index is 12.8. The third-order valence-corrected chi connectivity index (χ3v) is 6.54. The number of carbonyl (C=O) groups excluding carboxylic acids is 1. The molecular formula is C20H31N5OS. The lowest BCUT2D eigenvalue weighted by molar-refractivity contribution is 0.0952. The lowest BCUT2D eigenvalue weighted by Crippen LogP contribution is -2.34. The summed E-state index contributed by atoms with van der Waals surface area (Å²) >= 11 is 1.49. The number of piperidine rings is 1. The second-order valence-electron chi connectivity index (χ2n) is 7.16. The average molecular weight is 390 g/mol. The zero-order chi connectivity index (χ0) is 19.4. The van der Waals surface area contributed by atoms with Crippen molar-refractivity contribution < 1.29 is 4.79 Å². The summed E-state index contributed by atoms with van der Waals surface area (Å²) in [5.74, 6) is 1.79. The topological polar surface area (TPSA) is 61.4 Å². The maximum Gasteiger partial charge on any atom is 0.261 e. The first-order valence-corrected chi connectivity index (χ1v) is 10.9. The van der Waals surface area contributed by atoms with Crippen LogP contribution in [0.4, 0.5) is 5.82 Å². The van der Waals surface area contributed by atoms with E-state index >= 15 is 0 Å². The van der Waals surface area contributed by atoms with Gasteiger partial charge in [0.2, 0.25) is 0 Å². The molecular weight excluding hydrogens is 358 g/mol. The quantitative estimate of drug-likeness (QED) is 0.787. The smallest absolute Gasteiger partial charge is 0.261 e. The van der Waals surface area contributed by atoms with Crippen molar-refractivity contribution in [3.63, 3.8) is 0 Å². The number of fused-ring (bicyclic) bond motifs is 1. The van der Waals surface area contributed by atoms with Gasteiger partial charge in [0.15, 0.2) is 0 Å². The SMILES string of the molecule is CCN(CC)CCNC(=O)c1sc2nc(C)nc(N3CCCCC3)c2c1C. The van der Waals surface area contributed by atoms with E-state index < -0.39 is 0 Å². The van der Waals surface area contributed by atoms with Crippen molar-refractivity contribution in [1.82, 2.24) is 20.2 Å². The van der Waals surface area contributed by atoms with E-state index in [9.17, 15) is 4.79 Å². The molecule has 0 spiro atoms. The van der Waals surface area contributed by atoms with Crippen LogP contribution in [0.2, 0.25) is 0 Å². The summed E-state index contributed by atoms with van der Waals surface area (Å²) in [6, 6.07) is 0. The second-order valence-corrected chi connectivity index (χ2v) is 8.16. The van der Waals surface area contributed by atoms with Gasteiger partial charge in [-0.15, -0.1) is 11.3 Å². The zero-order valence-corrected chi connectivity index (χ0v) is 17.8. The Morgan fingerprint density at radius 1 is 1.15 bits per heavy atom. The fraction of sp³-hybridized carbons (Fsp3) is 0.650. The first-order chi connectivity index (χ1) is 13.0. The number of rotatable bonds is 7. The number of nitrogens with zero attached hydrogens (tertiary/aromatic N) is 4. The molecule has 1 aliphatic heterocycles. The molecule has 0 saturated carbocycles. The molecule has 0 radical (unpaired) electrons. The van der Waals surface area contributed by atoms with Crippen LogP contribution in [0.1, 0.15) is 54.2 Å². The summed E-state index contributed by atoms with van der Waals surface area (Å²) < 4.78 is 0. The molecule has 0 aliphatic carbocycles. The van der Waals surface area contributed by atoms with Crippen LogP contribution in [-0.4, -0.2) is 60.0 Å². The van der Waals surface area contributed by atoms with Crippen LogP contribution in [0.15, 0.2) is 0 Å². The molecule has 0 aromatic carbocycles. The van der Waals surface area contributed by atoms with E-state index in [1.54, 1.807) is 0 Å². The predicted molar refractivity (Wildman–Crippen MR) is 113 cm³/mol. The lowest BCUT2D eigenvalue weighted by atomic mass is 10.1. The summed E-state index contributed by atoms with van der Waals surface area (Å²) in [6.45, 7) is 13.9. The van der Waals surface area contributed by atoms with Gasteiger partial charge in [0.05, 0.1) is 10.3 Å². The molecule has 3 rings (SSSR count). The molecule has 6 nitrogen and oxygen atoms in total. The lowest BCUT2D eigenvalue weighted by Gasteiger charge is -2.28. The summed E-state index contributed by atoms with van der Waals surface area (Å²) in [5, 5.41) is 4.14. The third-order valence-electron chi connectivity index (χ3n) is 5.35. The summed E-state index contributed by atoms with van der Waals surface area (Å²) in [6.07, 6.45) is 3.69. The zero-order valence-electron chi connectivity index (χ0n) is 17.0. The molecule has 27 heavy (non-hydrogen) atoms. The molecule has 7 heteroatoms. The number of aryl methyl sites for hydroxylation is 2. The molecule has 1 amide bonds. The van der Waals surface area contributed by atoms with Gasteiger partial charge in [-0.1, -0.05) is 13.8 Å². The van der Waals surface area contributed by atoms with Gasteiger partial charge in [-0.25, -0.2) is 9.97 Å². The first kappa shape index (κ1) is 20.0. The Morgan fingerprint density at radius 2 is 1.85 bits per heavy atom. The summed E-state index contributed by atoms with van der Waals surface area (Å²) in [7, 11) is 0. The minimum atomic E-state index is 0.00454. The Bertz CT molecular complexity index is 793. The van der Waals surface area contributed by atoms with Gasteiger partial charge in [0.25, 0.3) is 5.91 Å². The van der Waals surface area contributed by atoms with E-state index in [0.717, 1.165) is 65.0 Å². The maximum absolute atomic E-state index is 12.8. The molecule has 1 aliphatic rings. The fourth-order valence-corrected chi connectivity index (χ4v) is 4.86. The van der Waals surface area contributed by atoms with Crippen molar-refractivity contribution in [3.05, 3.63) is 16.3 Å². The second kappa shape index (κ2) is 8.97. The van der Waals surface area contributed by atoms with E-state index in [4.69, 9.17) is 4.98 Å². The van der Waals surface area contributed by atoms with Crippen molar-refractivity contribution in [2.24, 2.45) is 0 Å². The highest BCUT2D eigenvalue weighted by molar-refractivity contribution is 7.20. The van der Waals surface area contributed by atoms with Crippen molar-refractivity contribution in [2.75, 3.05) is 44.2 Å². The van der Waals surface area contributed by atoms with Crippen molar-refractivity contribution >= 4 is 33.3 Å². The Labute approximate surface area is 166 Å². The van der Waals surface area contributed by atoms with Gasteiger partial charge in [-0.2, -0.15) is 0 Å². The Balaban J connectivity index is 1.84. The predicted octanol–water partition coefficient (Wildman–Crippen LogP) is 3.37. The number of thiophene rings is 1. The van der Waals surface area contributed by atoms with Crippen LogP contribution < -0.4 is 10.2 Å². The van der Waals surface area contributed by atoms with E-state index in [1.807, 2.05) is 13.8 Å². The largest absolute Gasteiger partial charge is 0.356 e. The standard InChI is InChI=1S/C20H31N5OS/c1-5-24(6-2)13-10-21-19(26)17-14(3)16-18(25-11-8-7-9-12-25)22-15(4)23-20(16)27-17/h5-13H2,1-4H3,(H,21,26). The van der Waals surface area contributed by atoms with Crippen LogP contribution in [0, 0.1) is 13.8 Å². The number of carbonyl (C=O) groups is 1. The highest BCUT2D eigenvalue weighted by atomic mass is 32.1. The van der Waals surface area contributed by atoms with Crippen LogP contribution in [0.5, 0.6) is 0 Å². The van der Waals surface area contributed by atoms with Crippen LogP contribution in [0.25, 0.3) is 10.2 Å². The van der Waals surface area contributed by atoms with Gasteiger partial charge in [0, 0.05) is 26.2 Å². The van der Waals surface area contributed by atoms with E-state index in [-0.39, 0.29) is 5.91 Å². The van der Waals surface area contributed by atoms with Crippen LogP contribution in [0.3, 0.4) is 0 Å². The van der Waals surface area contributed by atoms with Crippen molar-refractivity contribution in [1.29, 1.82) is 0 Å². The molecule has 2 aromatic rings. The van der Waals surface area contributed by atoms with E-state index in [0.29, 0.717) is 6.54 Å². The molecule has 1 N–H and O–H groups in total. The van der Waals surface area contributed by atoms with E-state index in [1.165, 1.54) is 30.6 Å². The number of aromatic nitrogens is 2. The third kappa shape index (κ3) is 4.41. The summed E-state index contributed by atoms with van der Waals surface area (Å²) in [5.41, 5.74) is 1.01. The van der Waals surface area contributed by atoms with Gasteiger partial charge in [-0.05, 0) is 51.8 Å². The number of hydrogen-bond acceptors (Lipinski definition) is 6. The van der Waals surface area contributed by atoms with Crippen LogP contribution >= 0.6 is 11.3 Å².